The number of nitrogens with zero attached hydrogens (tertiary/aromatic N) is 4. The van der Waals surface area contributed by atoms with E-state index in [1.165, 1.54) is 22.2 Å². The van der Waals surface area contributed by atoms with Crippen molar-refractivity contribution in [3.8, 4) is 22.6 Å². The van der Waals surface area contributed by atoms with Gasteiger partial charge in [0, 0.05) is 61.8 Å². The van der Waals surface area contributed by atoms with E-state index in [4.69, 9.17) is 13.8 Å². The van der Waals surface area contributed by atoms with Crippen LogP contribution in [0.2, 0.25) is 0 Å². The van der Waals surface area contributed by atoms with Crippen LogP contribution in [0.25, 0.3) is 44.5 Å². The molecule has 13 rings (SSSR count). The van der Waals surface area contributed by atoms with Crippen LogP contribution >= 0.6 is 0 Å². The molecule has 0 amide bonds. The second-order valence-corrected chi connectivity index (χ2v) is 23.7. The smallest absolute Gasteiger partial charge is 0.279 e. The number of oxazole rings is 1. The van der Waals surface area contributed by atoms with Gasteiger partial charge in [0.15, 0.2) is 0 Å². The maximum absolute atomic E-state index is 7.34. The minimum absolute atomic E-state index is 0.00801. The minimum Gasteiger partial charge on any atom is -0.456 e. The third kappa shape index (κ3) is 7.99. The Kier molecular flexibility index (Phi) is 10.9. The second kappa shape index (κ2) is 17.5. The lowest BCUT2D eigenvalue weighted by molar-refractivity contribution is 0.578. The first-order valence-electron chi connectivity index (χ1n) is 26.6. The van der Waals surface area contributed by atoms with E-state index in [0.717, 1.165) is 95.2 Å². The van der Waals surface area contributed by atoms with Gasteiger partial charge in [0.05, 0.1) is 5.59 Å². The Morgan fingerprint density at radius 2 is 0.934 bits per heavy atom. The van der Waals surface area contributed by atoms with E-state index in [1.807, 2.05) is 0 Å². The summed E-state index contributed by atoms with van der Waals surface area (Å²) < 4.78 is 13.9. The second-order valence-electron chi connectivity index (χ2n) is 23.7. The van der Waals surface area contributed by atoms with Crippen molar-refractivity contribution in [3.63, 3.8) is 0 Å². The van der Waals surface area contributed by atoms with Crippen molar-refractivity contribution in [1.29, 1.82) is 0 Å². The lowest BCUT2D eigenvalue weighted by Gasteiger charge is -2.43. The maximum Gasteiger partial charge on any atom is 0.279 e. The molecule has 0 unspecified atom stereocenters. The monoisotopic (exact) mass is 988 g/mol. The summed E-state index contributed by atoms with van der Waals surface area (Å²) in [6.45, 7) is 20.3. The first-order chi connectivity index (χ1) is 36.6. The molecule has 9 aromatic carbocycles. The highest BCUT2D eigenvalue weighted by molar-refractivity contribution is 6.99. The first-order valence-corrected chi connectivity index (χ1v) is 26.6. The van der Waals surface area contributed by atoms with Crippen molar-refractivity contribution in [2.45, 2.75) is 78.6 Å². The van der Waals surface area contributed by atoms with Crippen molar-refractivity contribution in [1.82, 2.24) is 4.98 Å². The summed E-state index contributed by atoms with van der Waals surface area (Å²) in [6.07, 6.45) is 0. The third-order valence-corrected chi connectivity index (χ3v) is 15.5. The molecular formula is C69H61BN4O2. The molecule has 2 aliphatic heterocycles. The Morgan fingerprint density at radius 1 is 0.408 bits per heavy atom. The fourth-order valence-corrected chi connectivity index (χ4v) is 11.4. The van der Waals surface area contributed by atoms with Gasteiger partial charge >= 0.3 is 0 Å². The van der Waals surface area contributed by atoms with Crippen molar-refractivity contribution >= 4 is 96.6 Å². The van der Waals surface area contributed by atoms with Crippen LogP contribution < -0.4 is 31.2 Å². The topological polar surface area (TPSA) is 48.9 Å². The van der Waals surface area contributed by atoms with Gasteiger partial charge in [0.1, 0.15) is 11.2 Å². The van der Waals surface area contributed by atoms with Gasteiger partial charge in [-0.05, 0) is 158 Å². The van der Waals surface area contributed by atoms with Gasteiger partial charge in [0.2, 0.25) is 11.8 Å². The van der Waals surface area contributed by atoms with Crippen molar-refractivity contribution in [2.75, 3.05) is 14.7 Å². The predicted molar refractivity (Wildman–Crippen MR) is 319 cm³/mol. The molecule has 0 N–H and O–H groups in total. The fourth-order valence-electron chi connectivity index (χ4n) is 11.4. The zero-order valence-electron chi connectivity index (χ0n) is 44.8. The van der Waals surface area contributed by atoms with E-state index in [2.05, 4.69) is 283 Å². The lowest BCUT2D eigenvalue weighted by atomic mass is 9.35. The molecule has 0 aliphatic carbocycles. The number of hydrogen-bond acceptors (Lipinski definition) is 6. The molecule has 76 heavy (non-hydrogen) atoms. The van der Waals surface area contributed by atoms with Gasteiger partial charge in [-0.15, -0.1) is 0 Å². The van der Waals surface area contributed by atoms with E-state index in [-0.39, 0.29) is 23.0 Å². The predicted octanol–water partition coefficient (Wildman–Crippen LogP) is 17.4. The summed E-state index contributed by atoms with van der Waals surface area (Å²) in [5.41, 5.74) is 20.1. The standard InChI is InChI=1S/C69H61BN4O2/c1-67(2,3)47-28-25-45(26-29-47)65-71-64-66(76-65)74(53-35-38-62-56(42-53)55-39-46(27-37-61(55)75-62)44-19-13-10-14-20-44)60-41-49(69(7,8)9)40-59-63(60)70(64)57-36-34-54(72(50-21-15-11-16-22-50)51-23-17-12-18-24-51)43-58(57)73(59)52-32-30-48(31-33-52)68(4,5)6/h10-43H,1-9H3. The molecular weight excluding hydrogens is 928 g/mol. The highest BCUT2D eigenvalue weighted by atomic mass is 16.4. The summed E-state index contributed by atoms with van der Waals surface area (Å²) in [5, 5.41) is 2.10. The summed E-state index contributed by atoms with van der Waals surface area (Å²) in [4.78, 5) is 12.9. The number of benzene rings is 9. The zero-order chi connectivity index (χ0) is 52.3. The average molecular weight is 989 g/mol. The largest absolute Gasteiger partial charge is 0.456 e. The molecule has 4 heterocycles. The van der Waals surface area contributed by atoms with Crippen LogP contribution in [0.5, 0.6) is 0 Å². The Morgan fingerprint density at radius 3 is 1.54 bits per heavy atom. The van der Waals surface area contributed by atoms with Crippen molar-refractivity contribution < 1.29 is 8.83 Å². The van der Waals surface area contributed by atoms with Crippen LogP contribution in [-0.2, 0) is 16.2 Å². The SMILES string of the molecule is CC(C)(C)c1ccc(-c2nc3c(o2)N(c2ccc4oc5ccc(-c6ccccc6)cc5c4c2)c2cc(C(C)(C)C)cc4c2B3c2ccc(N(c3ccccc3)c3ccccc3)cc2N4c2ccc(C(C)(C)C)cc2)cc1. The van der Waals surface area contributed by atoms with Gasteiger partial charge in [-0.2, -0.15) is 0 Å². The van der Waals surface area contributed by atoms with E-state index in [0.29, 0.717) is 11.8 Å². The molecule has 0 bridgehead atoms. The van der Waals surface area contributed by atoms with Crippen LogP contribution in [0.3, 0.4) is 0 Å². The number of anilines is 9. The molecule has 2 aromatic heterocycles. The quantitative estimate of drug-likeness (QED) is 0.148. The molecule has 0 atom stereocenters. The number of furan rings is 1. The molecule has 0 saturated carbocycles. The number of fused-ring (bicyclic) bond motifs is 7. The Labute approximate surface area is 447 Å². The van der Waals surface area contributed by atoms with Crippen molar-refractivity contribution in [2.24, 2.45) is 0 Å². The molecule has 0 radical (unpaired) electrons. The Bertz CT molecular complexity index is 3950. The van der Waals surface area contributed by atoms with Crippen LogP contribution in [-0.4, -0.2) is 11.7 Å². The van der Waals surface area contributed by atoms with Gasteiger partial charge in [-0.25, -0.2) is 4.98 Å². The molecule has 7 heteroatoms. The zero-order valence-corrected chi connectivity index (χ0v) is 44.8. The highest BCUT2D eigenvalue weighted by Crippen LogP contribution is 2.49. The summed E-state index contributed by atoms with van der Waals surface area (Å²) in [5.74, 6) is 1.29. The van der Waals surface area contributed by atoms with Crippen molar-refractivity contribution in [3.05, 3.63) is 223 Å². The third-order valence-electron chi connectivity index (χ3n) is 15.5. The summed E-state index contributed by atoms with van der Waals surface area (Å²) >= 11 is 0. The van der Waals surface area contributed by atoms with Crippen LogP contribution in [0, 0.1) is 0 Å². The first kappa shape index (κ1) is 47.2. The fraction of sp³-hybridized carbons (Fsp3) is 0.174. The molecule has 372 valence electrons. The van der Waals surface area contributed by atoms with Crippen LogP contribution in [0.4, 0.5) is 51.4 Å². The van der Waals surface area contributed by atoms with Gasteiger partial charge in [-0.1, -0.05) is 165 Å². The molecule has 0 fully saturated rings. The highest BCUT2D eigenvalue weighted by Gasteiger charge is 2.48. The van der Waals surface area contributed by atoms with E-state index in [9.17, 15) is 0 Å². The minimum atomic E-state index is -0.278. The number of aromatic nitrogens is 1. The molecule has 0 spiro atoms. The number of para-hydroxylation sites is 2. The molecule has 2 aliphatic rings. The lowest BCUT2D eigenvalue weighted by Crippen LogP contribution is -2.61. The maximum atomic E-state index is 7.34. The molecule has 11 aromatic rings. The Hall–Kier alpha value is -8.55. The molecule has 0 saturated heterocycles. The summed E-state index contributed by atoms with van der Waals surface area (Å²) in [6, 6.07) is 74.9. The Balaban J connectivity index is 1.09. The molecule has 6 nitrogen and oxygen atoms in total. The van der Waals surface area contributed by atoms with E-state index < -0.39 is 0 Å². The summed E-state index contributed by atoms with van der Waals surface area (Å²) in [7, 11) is 0. The van der Waals surface area contributed by atoms with Crippen LogP contribution in [0.1, 0.15) is 79.0 Å². The average Bonchev–Trinajstić information content (AvgIpc) is 4.18. The number of hydrogen-bond donors (Lipinski definition) is 0. The number of rotatable bonds is 7. The normalized spacial score (nSPS) is 13.2. The van der Waals surface area contributed by atoms with E-state index in [1.54, 1.807) is 0 Å². The van der Waals surface area contributed by atoms with Gasteiger partial charge in [0.25, 0.3) is 6.71 Å². The van der Waals surface area contributed by atoms with E-state index >= 15 is 0 Å². The van der Waals surface area contributed by atoms with Crippen LogP contribution in [0.15, 0.2) is 215 Å². The van der Waals surface area contributed by atoms with Gasteiger partial charge < -0.3 is 18.6 Å². The van der Waals surface area contributed by atoms with Gasteiger partial charge in [-0.3, -0.25) is 4.90 Å².